The van der Waals surface area contributed by atoms with Gasteiger partial charge in [0.1, 0.15) is 0 Å². The fourth-order valence-electron chi connectivity index (χ4n) is 2.08. The zero-order valence-corrected chi connectivity index (χ0v) is 10.6. The van der Waals surface area contributed by atoms with Crippen LogP contribution in [0.4, 0.5) is 0 Å². The highest BCUT2D eigenvalue weighted by atomic mass is 16.5. The van der Waals surface area contributed by atoms with Crippen LogP contribution in [0.25, 0.3) is 0 Å². The molecular formula is C13H25NO2. The Kier molecular flexibility index (Phi) is 6.69. The number of nitrogens with one attached hydrogen (secondary N) is 1. The van der Waals surface area contributed by atoms with Gasteiger partial charge in [0, 0.05) is 19.7 Å². The maximum absolute atomic E-state index is 5.44. The average Bonchev–Trinajstić information content (AvgIpc) is 2.29. The molecule has 0 amide bonds. The van der Waals surface area contributed by atoms with Crippen molar-refractivity contribution in [1.29, 1.82) is 0 Å². The summed E-state index contributed by atoms with van der Waals surface area (Å²) in [4.78, 5) is 0. The normalized spacial score (nSPS) is 25.6. The van der Waals surface area contributed by atoms with E-state index < -0.39 is 0 Å². The third kappa shape index (κ3) is 5.64. The van der Waals surface area contributed by atoms with Gasteiger partial charge >= 0.3 is 0 Å². The van der Waals surface area contributed by atoms with Crippen molar-refractivity contribution in [2.24, 2.45) is 0 Å². The van der Waals surface area contributed by atoms with Crippen LogP contribution in [-0.2, 0) is 9.47 Å². The minimum Gasteiger partial charge on any atom is -0.381 e. The molecule has 0 aromatic heterocycles. The maximum atomic E-state index is 5.44. The average molecular weight is 227 g/mol. The number of hydrogen-bond donors (Lipinski definition) is 1. The van der Waals surface area contributed by atoms with E-state index in [2.05, 4.69) is 11.9 Å². The predicted octanol–water partition coefficient (Wildman–Crippen LogP) is 2.13. The number of ether oxygens (including phenoxy) is 2. The zero-order chi connectivity index (χ0) is 11.8. The highest BCUT2D eigenvalue weighted by Gasteiger charge is 2.19. The minimum absolute atomic E-state index is 0.484. The zero-order valence-electron chi connectivity index (χ0n) is 10.6. The van der Waals surface area contributed by atoms with Crippen molar-refractivity contribution < 1.29 is 9.47 Å². The van der Waals surface area contributed by atoms with Gasteiger partial charge in [0.2, 0.25) is 0 Å². The number of hydrogen-bond acceptors (Lipinski definition) is 3. The summed E-state index contributed by atoms with van der Waals surface area (Å²) in [5.74, 6) is 0. The molecule has 16 heavy (non-hydrogen) atoms. The van der Waals surface area contributed by atoms with Crippen LogP contribution in [0.5, 0.6) is 0 Å². The molecule has 94 valence electrons. The van der Waals surface area contributed by atoms with Gasteiger partial charge in [-0.15, -0.1) is 0 Å². The smallest absolute Gasteiger partial charge is 0.0672 e. The van der Waals surface area contributed by atoms with Crippen LogP contribution >= 0.6 is 0 Å². The third-order valence-electron chi connectivity index (χ3n) is 3.04. The number of rotatable bonds is 7. The second kappa shape index (κ2) is 7.82. The highest BCUT2D eigenvalue weighted by molar-refractivity contribution is 4.87. The van der Waals surface area contributed by atoms with E-state index in [1.54, 1.807) is 0 Å². The van der Waals surface area contributed by atoms with Gasteiger partial charge in [-0.2, -0.15) is 0 Å². The fraction of sp³-hybridized carbons (Fsp3) is 0.846. The van der Waals surface area contributed by atoms with Gasteiger partial charge in [0.15, 0.2) is 0 Å². The molecule has 0 bridgehead atoms. The molecule has 0 spiro atoms. The summed E-state index contributed by atoms with van der Waals surface area (Å²) in [6.07, 6.45) is 5.29. The van der Waals surface area contributed by atoms with E-state index in [0.29, 0.717) is 18.8 Å². The standard InChI is InChI=1S/C13H25NO2/c1-11(2)10-16-9-8-14-12-4-6-13(15-3)7-5-12/h12-14H,1,4-10H2,2-3H3. The molecule has 0 radical (unpaired) electrons. The predicted molar refractivity (Wildman–Crippen MR) is 66.7 cm³/mol. The molecule has 0 aliphatic heterocycles. The molecule has 0 aromatic carbocycles. The lowest BCUT2D eigenvalue weighted by molar-refractivity contribution is 0.0611. The van der Waals surface area contributed by atoms with E-state index in [0.717, 1.165) is 18.7 Å². The summed E-state index contributed by atoms with van der Waals surface area (Å²) < 4.78 is 10.8. The first-order chi connectivity index (χ1) is 7.72. The molecule has 0 heterocycles. The van der Waals surface area contributed by atoms with E-state index in [-0.39, 0.29) is 0 Å². The van der Waals surface area contributed by atoms with Gasteiger partial charge in [-0.1, -0.05) is 12.2 Å². The second-order valence-electron chi connectivity index (χ2n) is 4.67. The van der Waals surface area contributed by atoms with Crippen LogP contribution in [0.3, 0.4) is 0 Å². The Hall–Kier alpha value is -0.380. The van der Waals surface area contributed by atoms with Crippen LogP contribution in [0.15, 0.2) is 12.2 Å². The van der Waals surface area contributed by atoms with Crippen molar-refractivity contribution >= 4 is 0 Å². The Morgan fingerprint density at radius 1 is 1.31 bits per heavy atom. The fourth-order valence-corrected chi connectivity index (χ4v) is 2.08. The Labute approximate surface area is 99.2 Å². The topological polar surface area (TPSA) is 30.5 Å². The molecule has 1 aliphatic rings. The first kappa shape index (κ1) is 13.7. The van der Waals surface area contributed by atoms with Crippen molar-refractivity contribution in [3.05, 3.63) is 12.2 Å². The van der Waals surface area contributed by atoms with Crippen molar-refractivity contribution in [2.75, 3.05) is 26.9 Å². The van der Waals surface area contributed by atoms with Crippen LogP contribution in [-0.4, -0.2) is 39.0 Å². The quantitative estimate of drug-likeness (QED) is 0.534. The van der Waals surface area contributed by atoms with Gasteiger partial charge < -0.3 is 14.8 Å². The molecular weight excluding hydrogens is 202 g/mol. The van der Waals surface area contributed by atoms with Gasteiger partial charge in [0.05, 0.1) is 19.3 Å². The molecule has 1 rings (SSSR count). The van der Waals surface area contributed by atoms with E-state index >= 15 is 0 Å². The molecule has 1 aliphatic carbocycles. The first-order valence-electron chi connectivity index (χ1n) is 6.20. The Morgan fingerprint density at radius 3 is 2.56 bits per heavy atom. The summed E-state index contributed by atoms with van der Waals surface area (Å²) in [6, 6.07) is 0.653. The van der Waals surface area contributed by atoms with E-state index in [1.807, 2.05) is 14.0 Å². The lowest BCUT2D eigenvalue weighted by Gasteiger charge is -2.28. The van der Waals surface area contributed by atoms with Gasteiger partial charge in [-0.3, -0.25) is 0 Å². The van der Waals surface area contributed by atoms with Crippen LogP contribution in [0.1, 0.15) is 32.6 Å². The SMILES string of the molecule is C=C(C)COCCNC1CCC(OC)CC1. The second-order valence-corrected chi connectivity index (χ2v) is 4.67. The molecule has 0 aromatic rings. The van der Waals surface area contributed by atoms with Gasteiger partial charge in [-0.25, -0.2) is 0 Å². The monoisotopic (exact) mass is 227 g/mol. The lowest BCUT2D eigenvalue weighted by atomic mass is 9.93. The molecule has 3 heteroatoms. The van der Waals surface area contributed by atoms with Gasteiger partial charge in [0.25, 0.3) is 0 Å². The molecule has 3 nitrogen and oxygen atoms in total. The van der Waals surface area contributed by atoms with Crippen molar-refractivity contribution in [1.82, 2.24) is 5.32 Å². The van der Waals surface area contributed by atoms with Crippen molar-refractivity contribution in [3.63, 3.8) is 0 Å². The molecule has 0 saturated heterocycles. The molecule has 0 unspecified atom stereocenters. The first-order valence-corrected chi connectivity index (χ1v) is 6.20. The Balaban J connectivity index is 1.96. The van der Waals surface area contributed by atoms with Gasteiger partial charge in [-0.05, 0) is 32.6 Å². The van der Waals surface area contributed by atoms with E-state index in [4.69, 9.17) is 9.47 Å². The van der Waals surface area contributed by atoms with Crippen molar-refractivity contribution in [3.8, 4) is 0 Å². The summed E-state index contributed by atoms with van der Waals surface area (Å²) in [5, 5.41) is 3.53. The summed E-state index contributed by atoms with van der Waals surface area (Å²) in [5.41, 5.74) is 1.08. The van der Waals surface area contributed by atoms with E-state index in [1.165, 1.54) is 25.7 Å². The Morgan fingerprint density at radius 2 is 2.00 bits per heavy atom. The summed E-state index contributed by atoms with van der Waals surface area (Å²) in [7, 11) is 1.81. The molecule has 1 saturated carbocycles. The summed E-state index contributed by atoms with van der Waals surface area (Å²) >= 11 is 0. The van der Waals surface area contributed by atoms with Crippen molar-refractivity contribution in [2.45, 2.75) is 44.8 Å². The third-order valence-corrected chi connectivity index (χ3v) is 3.04. The molecule has 0 atom stereocenters. The molecule has 1 fully saturated rings. The van der Waals surface area contributed by atoms with Crippen LogP contribution in [0.2, 0.25) is 0 Å². The van der Waals surface area contributed by atoms with Crippen LogP contribution in [0, 0.1) is 0 Å². The summed E-state index contributed by atoms with van der Waals surface area (Å²) in [6.45, 7) is 8.18. The Bertz CT molecular complexity index is 198. The molecule has 1 N–H and O–H groups in total. The van der Waals surface area contributed by atoms with Crippen LogP contribution < -0.4 is 5.32 Å². The lowest BCUT2D eigenvalue weighted by Crippen LogP contribution is -2.36. The largest absolute Gasteiger partial charge is 0.381 e. The highest BCUT2D eigenvalue weighted by Crippen LogP contribution is 2.20. The van der Waals surface area contributed by atoms with E-state index in [9.17, 15) is 0 Å². The maximum Gasteiger partial charge on any atom is 0.0672 e. The number of methoxy groups -OCH3 is 1. The minimum atomic E-state index is 0.484.